The van der Waals surface area contributed by atoms with Crippen LogP contribution in [0.3, 0.4) is 0 Å². The van der Waals surface area contributed by atoms with Crippen LogP contribution in [0.1, 0.15) is 0 Å². The summed E-state index contributed by atoms with van der Waals surface area (Å²) in [4.78, 5) is 0. The molecule has 0 fully saturated rings. The summed E-state index contributed by atoms with van der Waals surface area (Å²) in [7, 11) is 0. The quantitative estimate of drug-likeness (QED) is 0.665. The lowest BCUT2D eigenvalue weighted by atomic mass is 10.2. The summed E-state index contributed by atoms with van der Waals surface area (Å²) in [6, 6.07) is 16.6. The Bertz CT molecular complexity index is 702. The molecule has 3 rings (SSSR count). The topological polar surface area (TPSA) is 58.1 Å². The Kier molecular flexibility index (Phi) is 2.53. The average molecular weight is 238 g/mol. The first-order chi connectivity index (χ1) is 8.84. The Hall–Kier alpha value is -2.62. The molecule has 3 aromatic rings. The molecule has 1 heterocycles. The van der Waals surface area contributed by atoms with Gasteiger partial charge in [-0.2, -0.15) is 5.11 Å². The smallest absolute Gasteiger partial charge is 0.311 e. The molecule has 1 N–H and O–H groups in total. The molecule has 18 heavy (non-hydrogen) atoms. The maximum absolute atomic E-state index is 9.69. The summed E-state index contributed by atoms with van der Waals surface area (Å²) in [5, 5.41) is 18.5. The summed E-state index contributed by atoms with van der Waals surface area (Å²) in [6.07, 6.45) is 0. The normalized spacial score (nSPS) is 11.3. The van der Waals surface area contributed by atoms with Gasteiger partial charge in [-0.1, -0.05) is 30.3 Å². The molecule has 4 heteroatoms. The molecular formula is C14H10N2O2. The molecule has 0 saturated carbocycles. The van der Waals surface area contributed by atoms with E-state index >= 15 is 0 Å². The second kappa shape index (κ2) is 4.33. The first-order valence-corrected chi connectivity index (χ1v) is 5.52. The van der Waals surface area contributed by atoms with E-state index in [-0.39, 0.29) is 5.95 Å². The second-order valence-corrected chi connectivity index (χ2v) is 3.79. The number of benzene rings is 2. The Morgan fingerprint density at radius 1 is 0.833 bits per heavy atom. The van der Waals surface area contributed by atoms with Crippen LogP contribution in [0.5, 0.6) is 5.95 Å². The molecule has 0 bridgehead atoms. The van der Waals surface area contributed by atoms with Crippen LogP contribution in [0.2, 0.25) is 0 Å². The Morgan fingerprint density at radius 3 is 2.39 bits per heavy atom. The van der Waals surface area contributed by atoms with E-state index in [4.69, 9.17) is 4.42 Å². The molecule has 2 aromatic carbocycles. The van der Waals surface area contributed by atoms with Crippen molar-refractivity contribution in [1.82, 2.24) is 0 Å². The second-order valence-electron chi connectivity index (χ2n) is 3.79. The Labute approximate surface area is 103 Å². The van der Waals surface area contributed by atoms with E-state index in [1.807, 2.05) is 48.5 Å². The van der Waals surface area contributed by atoms with Gasteiger partial charge in [0.05, 0.1) is 11.1 Å². The number of furan rings is 1. The van der Waals surface area contributed by atoms with Gasteiger partial charge in [0, 0.05) is 0 Å². The van der Waals surface area contributed by atoms with Crippen LogP contribution >= 0.6 is 0 Å². The molecular weight excluding hydrogens is 228 g/mol. The van der Waals surface area contributed by atoms with Crippen molar-refractivity contribution in [3.8, 4) is 5.95 Å². The lowest BCUT2D eigenvalue weighted by Crippen LogP contribution is -1.64. The van der Waals surface area contributed by atoms with Gasteiger partial charge in [-0.3, -0.25) is 0 Å². The van der Waals surface area contributed by atoms with Crippen LogP contribution < -0.4 is 0 Å². The zero-order chi connectivity index (χ0) is 12.4. The molecule has 0 saturated heterocycles. The summed E-state index contributed by atoms with van der Waals surface area (Å²) >= 11 is 0. The largest absolute Gasteiger partial charge is 0.479 e. The van der Waals surface area contributed by atoms with Crippen LogP contribution in [0, 0.1) is 0 Å². The fraction of sp³-hybridized carbons (Fsp3) is 0. The molecule has 1 aromatic heterocycles. The van der Waals surface area contributed by atoms with E-state index in [0.29, 0.717) is 11.3 Å². The number of fused-ring (bicyclic) bond motifs is 1. The first kappa shape index (κ1) is 10.5. The minimum atomic E-state index is -0.212. The van der Waals surface area contributed by atoms with Gasteiger partial charge in [-0.05, 0) is 24.3 Å². The van der Waals surface area contributed by atoms with Crippen molar-refractivity contribution in [2.45, 2.75) is 0 Å². The van der Waals surface area contributed by atoms with Crippen LogP contribution in [-0.2, 0) is 0 Å². The van der Waals surface area contributed by atoms with Gasteiger partial charge in [-0.25, -0.2) is 0 Å². The standard InChI is InChI=1S/C14H10N2O2/c17-14-13(11-8-4-5-9-12(11)18-14)16-15-10-6-2-1-3-7-10/h1-9,17H. The zero-order valence-electron chi connectivity index (χ0n) is 9.45. The Morgan fingerprint density at radius 2 is 1.56 bits per heavy atom. The molecule has 0 unspecified atom stereocenters. The highest BCUT2D eigenvalue weighted by Crippen LogP contribution is 2.38. The van der Waals surface area contributed by atoms with Crippen LogP contribution in [0.15, 0.2) is 69.2 Å². The third kappa shape index (κ3) is 1.84. The van der Waals surface area contributed by atoms with E-state index in [1.54, 1.807) is 6.07 Å². The third-order valence-electron chi connectivity index (χ3n) is 2.57. The lowest BCUT2D eigenvalue weighted by Gasteiger charge is -1.90. The highest BCUT2D eigenvalue weighted by atomic mass is 16.5. The number of nitrogens with zero attached hydrogens (tertiary/aromatic N) is 2. The molecule has 4 nitrogen and oxygen atoms in total. The van der Waals surface area contributed by atoms with Gasteiger partial charge < -0.3 is 9.52 Å². The van der Waals surface area contributed by atoms with Crippen molar-refractivity contribution in [2.75, 3.05) is 0 Å². The van der Waals surface area contributed by atoms with Gasteiger partial charge in [0.25, 0.3) is 0 Å². The maximum Gasteiger partial charge on any atom is 0.311 e. The number of rotatable bonds is 2. The first-order valence-electron chi connectivity index (χ1n) is 5.52. The fourth-order valence-corrected chi connectivity index (χ4v) is 1.72. The van der Waals surface area contributed by atoms with Crippen molar-refractivity contribution in [3.63, 3.8) is 0 Å². The molecule has 0 aliphatic carbocycles. The minimum Gasteiger partial charge on any atom is -0.479 e. The number of hydrogen-bond donors (Lipinski definition) is 1. The summed E-state index contributed by atoms with van der Waals surface area (Å²) in [5.41, 5.74) is 1.67. The van der Waals surface area contributed by atoms with Crippen molar-refractivity contribution < 1.29 is 9.52 Å². The van der Waals surface area contributed by atoms with E-state index in [9.17, 15) is 5.11 Å². The van der Waals surface area contributed by atoms with E-state index in [0.717, 1.165) is 11.1 Å². The van der Waals surface area contributed by atoms with E-state index in [1.165, 1.54) is 0 Å². The molecule has 0 amide bonds. The number of hydrogen-bond acceptors (Lipinski definition) is 4. The SMILES string of the molecule is Oc1oc2ccccc2c1N=Nc1ccccc1. The highest BCUT2D eigenvalue weighted by molar-refractivity contribution is 5.91. The molecule has 0 spiro atoms. The predicted octanol–water partition coefficient (Wildman–Crippen LogP) is 4.55. The molecule has 0 radical (unpaired) electrons. The van der Waals surface area contributed by atoms with Gasteiger partial charge in [0.1, 0.15) is 5.58 Å². The molecule has 0 atom stereocenters. The van der Waals surface area contributed by atoms with Gasteiger partial charge >= 0.3 is 5.95 Å². The van der Waals surface area contributed by atoms with Crippen LogP contribution in [-0.4, -0.2) is 5.11 Å². The molecule has 0 aliphatic rings. The maximum atomic E-state index is 9.69. The van der Waals surface area contributed by atoms with E-state index < -0.39 is 0 Å². The van der Waals surface area contributed by atoms with Crippen molar-refractivity contribution in [3.05, 3.63) is 54.6 Å². The third-order valence-corrected chi connectivity index (χ3v) is 2.57. The van der Waals surface area contributed by atoms with Crippen molar-refractivity contribution in [1.29, 1.82) is 0 Å². The number of aromatic hydroxyl groups is 1. The number of azo groups is 1. The van der Waals surface area contributed by atoms with Crippen molar-refractivity contribution in [2.24, 2.45) is 10.2 Å². The summed E-state index contributed by atoms with van der Waals surface area (Å²) in [5.74, 6) is -0.212. The molecule has 88 valence electrons. The zero-order valence-corrected chi connectivity index (χ0v) is 9.45. The van der Waals surface area contributed by atoms with Crippen molar-refractivity contribution >= 4 is 22.3 Å². The Balaban J connectivity index is 2.05. The minimum absolute atomic E-state index is 0.212. The van der Waals surface area contributed by atoms with Crippen LogP contribution in [0.25, 0.3) is 11.0 Å². The monoisotopic (exact) mass is 238 g/mol. The van der Waals surface area contributed by atoms with Crippen LogP contribution in [0.4, 0.5) is 11.4 Å². The van der Waals surface area contributed by atoms with Gasteiger partial charge in [-0.15, -0.1) is 5.11 Å². The average Bonchev–Trinajstić information content (AvgIpc) is 2.73. The highest BCUT2D eigenvalue weighted by Gasteiger charge is 2.11. The lowest BCUT2D eigenvalue weighted by molar-refractivity contribution is 0.348. The number of para-hydroxylation sites is 1. The summed E-state index contributed by atoms with van der Waals surface area (Å²) < 4.78 is 5.19. The van der Waals surface area contributed by atoms with E-state index in [2.05, 4.69) is 10.2 Å². The fourth-order valence-electron chi connectivity index (χ4n) is 1.72. The van der Waals surface area contributed by atoms with Gasteiger partial charge in [0.15, 0.2) is 5.69 Å². The van der Waals surface area contributed by atoms with Gasteiger partial charge in [0.2, 0.25) is 0 Å². The molecule has 0 aliphatic heterocycles. The summed E-state index contributed by atoms with van der Waals surface area (Å²) in [6.45, 7) is 0. The predicted molar refractivity (Wildman–Crippen MR) is 68.5 cm³/mol.